The highest BCUT2D eigenvalue weighted by Crippen LogP contribution is 2.22. The number of benzene rings is 1. The van der Waals surface area contributed by atoms with E-state index < -0.39 is 10.0 Å². The van der Waals surface area contributed by atoms with Gasteiger partial charge in [-0.25, -0.2) is 18.1 Å². The molecule has 144 valence electrons. The zero-order valence-electron chi connectivity index (χ0n) is 15.3. The van der Waals surface area contributed by atoms with Crippen LogP contribution in [0.5, 0.6) is 0 Å². The molecule has 0 radical (unpaired) electrons. The molecule has 9 heteroatoms. The molecule has 1 aromatic rings. The molecule has 1 aromatic carbocycles. The summed E-state index contributed by atoms with van der Waals surface area (Å²) < 4.78 is 24.5. The maximum absolute atomic E-state index is 11.0. The molecule has 0 aliphatic heterocycles. The molecule has 0 amide bonds. The quantitative estimate of drug-likeness (QED) is 0.160. The number of guanidine groups is 1. The third kappa shape index (κ3) is 10.9. The molecule has 0 aromatic heterocycles. The van der Waals surface area contributed by atoms with Crippen LogP contribution >= 0.6 is 35.7 Å². The second kappa shape index (κ2) is 12.8. The maximum atomic E-state index is 11.0. The van der Waals surface area contributed by atoms with Gasteiger partial charge >= 0.3 is 0 Å². The SMILES string of the molecule is CCNC(=NCc1ccc(C)cc1SC)NCCCNS(C)(=O)=O.I. The van der Waals surface area contributed by atoms with Gasteiger partial charge in [-0.3, -0.25) is 0 Å². The van der Waals surface area contributed by atoms with Crippen molar-refractivity contribution in [3.63, 3.8) is 0 Å². The van der Waals surface area contributed by atoms with Crippen molar-refractivity contribution < 1.29 is 8.42 Å². The molecule has 0 unspecified atom stereocenters. The van der Waals surface area contributed by atoms with E-state index in [0.29, 0.717) is 26.1 Å². The number of rotatable bonds is 9. The van der Waals surface area contributed by atoms with E-state index in [0.717, 1.165) is 18.8 Å². The molecule has 1 rings (SSSR count). The second-order valence-electron chi connectivity index (χ2n) is 5.46. The average Bonchev–Trinajstić information content (AvgIpc) is 2.51. The van der Waals surface area contributed by atoms with Crippen LogP contribution in [0.2, 0.25) is 0 Å². The van der Waals surface area contributed by atoms with Crippen molar-refractivity contribution >= 4 is 51.7 Å². The van der Waals surface area contributed by atoms with Gasteiger partial charge in [0.05, 0.1) is 12.8 Å². The summed E-state index contributed by atoms with van der Waals surface area (Å²) in [6.45, 7) is 6.55. The highest BCUT2D eigenvalue weighted by atomic mass is 127. The van der Waals surface area contributed by atoms with E-state index in [1.165, 1.54) is 16.0 Å². The first-order valence-electron chi connectivity index (χ1n) is 7.96. The summed E-state index contributed by atoms with van der Waals surface area (Å²) in [4.78, 5) is 5.85. The highest BCUT2D eigenvalue weighted by molar-refractivity contribution is 14.0. The topological polar surface area (TPSA) is 82.6 Å². The van der Waals surface area contributed by atoms with Crippen molar-refractivity contribution in [1.29, 1.82) is 0 Å². The Bertz CT molecular complexity index is 652. The summed E-state index contributed by atoms with van der Waals surface area (Å²) in [5, 5.41) is 6.43. The summed E-state index contributed by atoms with van der Waals surface area (Å²) in [6, 6.07) is 6.39. The van der Waals surface area contributed by atoms with Gasteiger partial charge in [0, 0.05) is 24.5 Å². The zero-order valence-corrected chi connectivity index (χ0v) is 19.2. The Morgan fingerprint density at radius 3 is 2.56 bits per heavy atom. The van der Waals surface area contributed by atoms with E-state index in [4.69, 9.17) is 0 Å². The lowest BCUT2D eigenvalue weighted by Crippen LogP contribution is -2.38. The summed E-state index contributed by atoms with van der Waals surface area (Å²) in [5.74, 6) is 0.740. The standard InChI is InChI=1S/C16H28N4O2S2.HI/c1-5-17-16(18-9-6-10-20-24(4,21)22)19-12-14-8-7-13(2)11-15(14)23-3;/h7-8,11,20H,5-6,9-10,12H2,1-4H3,(H2,17,18,19);1H. The Morgan fingerprint density at radius 2 is 1.96 bits per heavy atom. The number of nitrogens with one attached hydrogen (secondary N) is 3. The van der Waals surface area contributed by atoms with E-state index in [1.807, 2.05) is 6.92 Å². The Morgan fingerprint density at radius 1 is 1.24 bits per heavy atom. The van der Waals surface area contributed by atoms with Crippen LogP contribution in [0.25, 0.3) is 0 Å². The van der Waals surface area contributed by atoms with E-state index in [2.05, 4.69) is 51.7 Å². The van der Waals surface area contributed by atoms with E-state index in [1.54, 1.807) is 11.8 Å². The molecule has 0 aliphatic rings. The van der Waals surface area contributed by atoms with Crippen LogP contribution in [0, 0.1) is 6.92 Å². The summed E-state index contributed by atoms with van der Waals surface area (Å²) in [5.41, 5.74) is 2.44. The van der Waals surface area contributed by atoms with E-state index in [9.17, 15) is 8.42 Å². The van der Waals surface area contributed by atoms with Crippen LogP contribution in [0.3, 0.4) is 0 Å². The lowest BCUT2D eigenvalue weighted by molar-refractivity contribution is 0.584. The molecular formula is C16H29IN4O2S2. The van der Waals surface area contributed by atoms with Crippen LogP contribution in [0.1, 0.15) is 24.5 Å². The van der Waals surface area contributed by atoms with E-state index >= 15 is 0 Å². The second-order valence-corrected chi connectivity index (χ2v) is 8.14. The third-order valence-electron chi connectivity index (χ3n) is 3.20. The molecular weight excluding hydrogens is 471 g/mol. The van der Waals surface area contributed by atoms with Gasteiger partial charge in [0.25, 0.3) is 0 Å². The Balaban J connectivity index is 0.00000576. The third-order valence-corrected chi connectivity index (χ3v) is 4.75. The van der Waals surface area contributed by atoms with Crippen molar-refractivity contribution in [2.45, 2.75) is 31.7 Å². The van der Waals surface area contributed by atoms with Crippen molar-refractivity contribution in [3.8, 4) is 0 Å². The summed E-state index contributed by atoms with van der Waals surface area (Å²) >= 11 is 1.73. The predicted octanol–water partition coefficient (Wildman–Crippen LogP) is 2.33. The van der Waals surface area contributed by atoms with Crippen LogP contribution < -0.4 is 15.4 Å². The smallest absolute Gasteiger partial charge is 0.208 e. The lowest BCUT2D eigenvalue weighted by Gasteiger charge is -2.12. The van der Waals surface area contributed by atoms with Crippen LogP contribution in [0.4, 0.5) is 0 Å². The molecule has 0 saturated carbocycles. The predicted molar refractivity (Wildman–Crippen MR) is 119 cm³/mol. The number of aryl methyl sites for hydroxylation is 1. The minimum absolute atomic E-state index is 0. The monoisotopic (exact) mass is 500 g/mol. The number of hydrogen-bond acceptors (Lipinski definition) is 4. The van der Waals surface area contributed by atoms with Gasteiger partial charge in [-0.05, 0) is 43.7 Å². The number of thioether (sulfide) groups is 1. The number of sulfonamides is 1. The van der Waals surface area contributed by atoms with Crippen molar-refractivity contribution in [2.24, 2.45) is 4.99 Å². The molecule has 3 N–H and O–H groups in total. The molecule has 25 heavy (non-hydrogen) atoms. The van der Waals surface area contributed by atoms with Gasteiger partial charge < -0.3 is 10.6 Å². The maximum Gasteiger partial charge on any atom is 0.208 e. The van der Waals surface area contributed by atoms with Gasteiger partial charge in [0.2, 0.25) is 10.0 Å². The van der Waals surface area contributed by atoms with Gasteiger partial charge in [-0.2, -0.15) is 0 Å². The van der Waals surface area contributed by atoms with Gasteiger partial charge in [0.15, 0.2) is 5.96 Å². The highest BCUT2D eigenvalue weighted by Gasteiger charge is 2.03. The Labute approximate surface area is 173 Å². The molecule has 0 bridgehead atoms. The van der Waals surface area contributed by atoms with Crippen LogP contribution in [-0.2, 0) is 16.6 Å². The molecule has 0 aliphatic carbocycles. The van der Waals surface area contributed by atoms with E-state index in [-0.39, 0.29) is 24.0 Å². The van der Waals surface area contributed by atoms with Crippen molar-refractivity contribution in [2.75, 3.05) is 32.1 Å². The van der Waals surface area contributed by atoms with Crippen molar-refractivity contribution in [3.05, 3.63) is 29.3 Å². The number of halogens is 1. The molecule has 0 spiro atoms. The minimum atomic E-state index is -3.12. The van der Waals surface area contributed by atoms with Crippen LogP contribution in [-0.4, -0.2) is 46.5 Å². The Kier molecular flexibility index (Phi) is 12.5. The Hall–Kier alpha value is -0.520. The first-order chi connectivity index (χ1) is 11.4. The molecule has 0 heterocycles. The first-order valence-corrected chi connectivity index (χ1v) is 11.1. The molecule has 6 nitrogen and oxygen atoms in total. The van der Waals surface area contributed by atoms with Crippen LogP contribution in [0.15, 0.2) is 28.1 Å². The fourth-order valence-corrected chi connectivity index (χ4v) is 3.25. The largest absolute Gasteiger partial charge is 0.357 e. The van der Waals surface area contributed by atoms with Gasteiger partial charge in [0.1, 0.15) is 0 Å². The fraction of sp³-hybridized carbons (Fsp3) is 0.562. The first kappa shape index (κ1) is 24.5. The number of hydrogen-bond donors (Lipinski definition) is 3. The van der Waals surface area contributed by atoms with Gasteiger partial charge in [-0.15, -0.1) is 35.7 Å². The average molecular weight is 500 g/mol. The van der Waals surface area contributed by atoms with Gasteiger partial charge in [-0.1, -0.05) is 12.1 Å². The normalized spacial score (nSPS) is 11.8. The molecule has 0 atom stereocenters. The fourth-order valence-electron chi connectivity index (χ4n) is 2.04. The molecule has 0 saturated heterocycles. The number of aliphatic imine (C=N–C) groups is 1. The lowest BCUT2D eigenvalue weighted by atomic mass is 10.1. The summed E-state index contributed by atoms with van der Waals surface area (Å²) in [6.07, 6.45) is 3.93. The van der Waals surface area contributed by atoms with Crippen molar-refractivity contribution in [1.82, 2.24) is 15.4 Å². The number of nitrogens with zero attached hydrogens (tertiary/aromatic N) is 1. The molecule has 0 fully saturated rings. The zero-order chi connectivity index (χ0) is 18.0. The summed E-state index contributed by atoms with van der Waals surface area (Å²) in [7, 11) is -3.12. The minimum Gasteiger partial charge on any atom is -0.357 e.